The monoisotopic (exact) mass is 515 g/mol. The molecule has 2 N–H and O–H groups in total. The van der Waals surface area contributed by atoms with Gasteiger partial charge in [-0.25, -0.2) is 14.4 Å². The maximum absolute atomic E-state index is 13.7. The molecule has 0 spiro atoms. The van der Waals surface area contributed by atoms with Crippen LogP contribution in [0.3, 0.4) is 0 Å². The van der Waals surface area contributed by atoms with E-state index in [-0.39, 0.29) is 17.8 Å². The number of ether oxygens (including phenoxy) is 1. The second kappa shape index (κ2) is 9.70. The first-order chi connectivity index (χ1) is 18.4. The summed E-state index contributed by atoms with van der Waals surface area (Å²) in [7, 11) is 4.05. The van der Waals surface area contributed by atoms with Crippen molar-refractivity contribution in [3.63, 3.8) is 0 Å². The Morgan fingerprint density at radius 1 is 1.24 bits per heavy atom. The fourth-order valence-corrected chi connectivity index (χ4v) is 5.29. The van der Waals surface area contributed by atoms with E-state index in [0.29, 0.717) is 42.4 Å². The molecular formula is C28H30FN7O2. The molecule has 2 aliphatic heterocycles. The number of aromatic nitrogens is 3. The van der Waals surface area contributed by atoms with Crippen molar-refractivity contribution in [1.82, 2.24) is 24.6 Å². The minimum Gasteiger partial charge on any atom is -0.375 e. The van der Waals surface area contributed by atoms with Gasteiger partial charge in [0, 0.05) is 44.0 Å². The van der Waals surface area contributed by atoms with E-state index in [0.717, 1.165) is 41.3 Å². The van der Waals surface area contributed by atoms with Crippen LogP contribution >= 0.6 is 0 Å². The lowest BCUT2D eigenvalue weighted by molar-refractivity contribution is 0.0531. The smallest absolute Gasteiger partial charge is 0.254 e. The van der Waals surface area contributed by atoms with Crippen molar-refractivity contribution in [3.8, 4) is 11.3 Å². The van der Waals surface area contributed by atoms with Crippen LogP contribution in [0.5, 0.6) is 0 Å². The van der Waals surface area contributed by atoms with Crippen molar-refractivity contribution in [2.45, 2.75) is 26.1 Å². The van der Waals surface area contributed by atoms with Crippen LogP contribution in [0.15, 0.2) is 48.8 Å². The van der Waals surface area contributed by atoms with E-state index in [1.54, 1.807) is 12.4 Å². The van der Waals surface area contributed by atoms with Crippen LogP contribution in [0.25, 0.3) is 16.9 Å². The van der Waals surface area contributed by atoms with Crippen LogP contribution in [0, 0.1) is 5.82 Å². The first-order valence-corrected chi connectivity index (χ1v) is 12.7. The maximum atomic E-state index is 13.7. The standard InChI is InChI=1S/C28H30FN7O2/c1-17-15-35(10-11-38-17)23-6-7-25(33-22(23)16-34(2)3)32-21-5-4-19(20-13-31-28(37)27(20)21)24-14-30-26-12-18(29)8-9-36(24)26/h4-9,12,14,17H,10-11,13,15-16H2,1-3H3,(H,31,37)(H,32,33)/t17-/m0/s1. The predicted molar refractivity (Wildman–Crippen MR) is 144 cm³/mol. The highest BCUT2D eigenvalue weighted by atomic mass is 19.1. The minimum atomic E-state index is -0.341. The molecule has 0 aliphatic carbocycles. The number of nitrogens with zero attached hydrogens (tertiary/aromatic N) is 5. The van der Waals surface area contributed by atoms with Crippen molar-refractivity contribution >= 4 is 28.7 Å². The molecule has 1 amide bonds. The van der Waals surface area contributed by atoms with E-state index in [1.807, 2.05) is 36.7 Å². The van der Waals surface area contributed by atoms with Crippen molar-refractivity contribution < 1.29 is 13.9 Å². The largest absolute Gasteiger partial charge is 0.375 e. The van der Waals surface area contributed by atoms with Crippen molar-refractivity contribution in [3.05, 3.63) is 71.4 Å². The van der Waals surface area contributed by atoms with Gasteiger partial charge in [0.25, 0.3) is 5.91 Å². The Labute approximate surface area is 220 Å². The number of halogens is 1. The number of anilines is 3. The Bertz CT molecular complexity index is 1530. The van der Waals surface area contributed by atoms with Crippen LogP contribution in [0.1, 0.15) is 28.5 Å². The highest BCUT2D eigenvalue weighted by Gasteiger charge is 2.28. The summed E-state index contributed by atoms with van der Waals surface area (Å²) in [6, 6.07) is 10.7. The van der Waals surface area contributed by atoms with Gasteiger partial charge >= 0.3 is 0 Å². The Kier molecular flexibility index (Phi) is 6.21. The number of pyridine rings is 2. The molecule has 2 aliphatic rings. The lowest BCUT2D eigenvalue weighted by atomic mass is 9.99. The number of nitrogens with one attached hydrogen (secondary N) is 2. The Morgan fingerprint density at radius 2 is 2.11 bits per heavy atom. The summed E-state index contributed by atoms with van der Waals surface area (Å²) in [6.07, 6.45) is 3.53. The number of carbonyl (C=O) groups is 1. The summed E-state index contributed by atoms with van der Waals surface area (Å²) in [6.45, 7) is 5.51. The normalized spacial score (nSPS) is 17.2. The summed E-state index contributed by atoms with van der Waals surface area (Å²) in [5, 5.41) is 6.35. The molecule has 9 nitrogen and oxygen atoms in total. The third-order valence-corrected chi connectivity index (χ3v) is 6.98. The molecular weight excluding hydrogens is 485 g/mol. The number of carbonyl (C=O) groups excluding carboxylic acids is 1. The minimum absolute atomic E-state index is 0.142. The van der Waals surface area contributed by atoms with Gasteiger partial charge in [-0.05, 0) is 50.8 Å². The van der Waals surface area contributed by atoms with Crippen molar-refractivity contribution in [1.29, 1.82) is 0 Å². The molecule has 0 bridgehead atoms. The SMILES string of the molecule is C[C@H]1CN(c2ccc(Nc3ccc(-c4cnc5cc(F)ccn45)c4c3C(=O)NC4)nc2CN(C)C)CCO1. The molecule has 1 saturated heterocycles. The van der Waals surface area contributed by atoms with Crippen LogP contribution in [0.2, 0.25) is 0 Å². The lowest BCUT2D eigenvalue weighted by Crippen LogP contribution is -2.41. The van der Waals surface area contributed by atoms with E-state index < -0.39 is 0 Å². The Morgan fingerprint density at radius 3 is 2.92 bits per heavy atom. The van der Waals surface area contributed by atoms with Gasteiger partial charge in [-0.3, -0.25) is 9.20 Å². The number of fused-ring (bicyclic) bond motifs is 2. The van der Waals surface area contributed by atoms with Gasteiger partial charge in [-0.15, -0.1) is 0 Å². The molecule has 5 heterocycles. The van der Waals surface area contributed by atoms with Gasteiger partial charge in [0.1, 0.15) is 17.3 Å². The van der Waals surface area contributed by atoms with Gasteiger partial charge in [0.05, 0.1) is 47.2 Å². The first kappa shape index (κ1) is 24.3. The quantitative estimate of drug-likeness (QED) is 0.404. The number of hydrogen-bond donors (Lipinski definition) is 2. The summed E-state index contributed by atoms with van der Waals surface area (Å²) < 4.78 is 21.2. The molecule has 1 fully saturated rings. The third kappa shape index (κ3) is 4.46. The molecule has 10 heteroatoms. The Balaban J connectivity index is 1.36. The number of morpholine rings is 1. The third-order valence-electron chi connectivity index (χ3n) is 6.98. The second-order valence-electron chi connectivity index (χ2n) is 10.1. The van der Waals surface area contributed by atoms with Crippen LogP contribution < -0.4 is 15.5 Å². The zero-order chi connectivity index (χ0) is 26.4. The zero-order valence-corrected chi connectivity index (χ0v) is 21.7. The molecule has 0 saturated carbocycles. The average Bonchev–Trinajstić information content (AvgIpc) is 3.48. The lowest BCUT2D eigenvalue weighted by Gasteiger charge is -2.34. The summed E-state index contributed by atoms with van der Waals surface area (Å²) in [5.41, 5.74) is 6.40. The van der Waals surface area contributed by atoms with Crippen LogP contribution in [-0.4, -0.2) is 65.1 Å². The van der Waals surface area contributed by atoms with Crippen LogP contribution in [0.4, 0.5) is 21.6 Å². The van der Waals surface area contributed by atoms with Gasteiger partial charge in [-0.2, -0.15) is 0 Å². The summed E-state index contributed by atoms with van der Waals surface area (Å²) >= 11 is 0. The highest BCUT2D eigenvalue weighted by Crippen LogP contribution is 2.36. The van der Waals surface area contributed by atoms with E-state index in [2.05, 4.69) is 38.4 Å². The summed E-state index contributed by atoms with van der Waals surface area (Å²) in [5.74, 6) is 0.190. The molecule has 1 atom stereocenters. The van der Waals surface area contributed by atoms with Gasteiger partial charge in [0.15, 0.2) is 0 Å². The van der Waals surface area contributed by atoms with Crippen molar-refractivity contribution in [2.24, 2.45) is 0 Å². The van der Waals surface area contributed by atoms with Gasteiger partial charge in [0.2, 0.25) is 0 Å². The fraction of sp³-hybridized carbons (Fsp3) is 0.321. The maximum Gasteiger partial charge on any atom is 0.254 e. The first-order valence-electron chi connectivity index (χ1n) is 12.7. The second-order valence-corrected chi connectivity index (χ2v) is 10.1. The number of benzene rings is 1. The average molecular weight is 516 g/mol. The molecule has 196 valence electrons. The molecule has 0 unspecified atom stereocenters. The number of hydrogen-bond acceptors (Lipinski definition) is 7. The van der Waals surface area contributed by atoms with Crippen molar-refractivity contribution in [2.75, 3.05) is 44.0 Å². The number of rotatable bonds is 6. The van der Waals surface area contributed by atoms with E-state index in [1.165, 1.54) is 12.1 Å². The number of imidazole rings is 1. The molecule has 3 aromatic heterocycles. The van der Waals surface area contributed by atoms with Gasteiger partial charge in [-0.1, -0.05) is 6.07 Å². The van der Waals surface area contributed by atoms with Gasteiger partial charge < -0.3 is 25.2 Å². The topological polar surface area (TPSA) is 87.0 Å². The van der Waals surface area contributed by atoms with E-state index in [4.69, 9.17) is 9.72 Å². The summed E-state index contributed by atoms with van der Waals surface area (Å²) in [4.78, 5) is 26.7. The molecule has 0 radical (unpaired) electrons. The van der Waals surface area contributed by atoms with E-state index in [9.17, 15) is 9.18 Å². The molecule has 38 heavy (non-hydrogen) atoms. The van der Waals surface area contributed by atoms with Crippen LogP contribution in [-0.2, 0) is 17.8 Å². The molecule has 4 aromatic rings. The predicted octanol–water partition coefficient (Wildman–Crippen LogP) is 3.81. The fourth-order valence-electron chi connectivity index (χ4n) is 5.29. The number of amides is 1. The van der Waals surface area contributed by atoms with E-state index >= 15 is 0 Å². The Hall–Kier alpha value is -4.02. The highest BCUT2D eigenvalue weighted by molar-refractivity contribution is 6.06. The zero-order valence-electron chi connectivity index (χ0n) is 21.7. The molecule has 1 aromatic carbocycles. The molecule has 6 rings (SSSR count).